The van der Waals surface area contributed by atoms with Crippen LogP contribution in [-0.4, -0.2) is 47.3 Å². The third kappa shape index (κ3) is 4.39. The lowest BCUT2D eigenvalue weighted by atomic mass is 9.93. The number of hydrogen-bond donors (Lipinski definition) is 2. The lowest BCUT2D eigenvalue weighted by Crippen LogP contribution is -2.27. The molecule has 2 aromatic rings. The number of nitrogens with one attached hydrogen (secondary N) is 2. The summed E-state index contributed by atoms with van der Waals surface area (Å²) in [7, 11) is 1.35. The third-order valence-electron chi connectivity index (χ3n) is 6.47. The smallest absolute Gasteiger partial charge is 0.356 e. The van der Waals surface area contributed by atoms with Crippen LogP contribution in [0.25, 0.3) is 11.0 Å². The van der Waals surface area contributed by atoms with Crippen LogP contribution in [0.3, 0.4) is 0 Å². The number of esters is 1. The average molecular weight is 429 g/mol. The van der Waals surface area contributed by atoms with Crippen LogP contribution in [0.2, 0.25) is 0 Å². The molecule has 2 unspecified atom stereocenters. The van der Waals surface area contributed by atoms with Crippen LogP contribution in [0, 0.1) is 5.92 Å². The first-order valence-corrected chi connectivity index (χ1v) is 11.3. The molecule has 1 aliphatic heterocycles. The largest absolute Gasteiger partial charge is 0.464 e. The zero-order chi connectivity index (χ0) is 22.0. The van der Waals surface area contributed by atoms with Crippen molar-refractivity contribution in [1.82, 2.24) is 9.55 Å². The number of carbonyl (C=O) groups excluding carboxylic acids is 2. The van der Waals surface area contributed by atoms with E-state index < -0.39 is 5.97 Å². The van der Waals surface area contributed by atoms with Gasteiger partial charge < -0.3 is 24.7 Å². The summed E-state index contributed by atoms with van der Waals surface area (Å²) in [5.74, 6) is -0.795. The van der Waals surface area contributed by atoms with Crippen molar-refractivity contribution >= 4 is 34.3 Å². The van der Waals surface area contributed by atoms with Gasteiger partial charge in [-0.25, -0.2) is 9.78 Å². The Morgan fingerprint density at radius 3 is 2.74 bits per heavy atom. The van der Waals surface area contributed by atoms with Crippen LogP contribution in [0.15, 0.2) is 12.3 Å². The van der Waals surface area contributed by atoms with Gasteiger partial charge in [0, 0.05) is 24.0 Å². The van der Waals surface area contributed by atoms with E-state index in [1.54, 1.807) is 6.20 Å². The number of methoxy groups -OCH3 is 1. The van der Waals surface area contributed by atoms with Crippen LogP contribution in [-0.2, 0) is 20.8 Å². The minimum absolute atomic E-state index is 0.00620. The predicted molar refractivity (Wildman–Crippen MR) is 119 cm³/mol. The molecule has 1 saturated carbocycles. The number of ether oxygens (including phenoxy) is 2. The van der Waals surface area contributed by atoms with E-state index in [4.69, 9.17) is 14.5 Å². The van der Waals surface area contributed by atoms with E-state index in [9.17, 15) is 9.59 Å². The van der Waals surface area contributed by atoms with E-state index in [-0.39, 0.29) is 17.9 Å². The van der Waals surface area contributed by atoms with Gasteiger partial charge in [-0.05, 0) is 44.6 Å². The molecule has 3 heterocycles. The Hall–Kier alpha value is -2.61. The lowest BCUT2D eigenvalue weighted by Gasteiger charge is -2.27. The number of aromatic nitrogens is 2. The van der Waals surface area contributed by atoms with Crippen molar-refractivity contribution in [3.63, 3.8) is 0 Å². The summed E-state index contributed by atoms with van der Waals surface area (Å²) in [5, 5.41) is 7.24. The number of nitrogens with zero attached hydrogens (tertiary/aromatic N) is 2. The fourth-order valence-electron chi connectivity index (χ4n) is 4.13. The number of carbonyl (C=O) groups is 2. The molecule has 1 amide bonds. The highest BCUT2D eigenvalue weighted by Gasteiger charge is 2.29. The first-order chi connectivity index (χ1) is 15.0. The Morgan fingerprint density at radius 1 is 1.32 bits per heavy atom. The van der Waals surface area contributed by atoms with E-state index >= 15 is 0 Å². The van der Waals surface area contributed by atoms with E-state index in [0.29, 0.717) is 36.0 Å². The summed E-state index contributed by atoms with van der Waals surface area (Å²) in [6.07, 6.45) is 7.95. The highest BCUT2D eigenvalue weighted by Crippen LogP contribution is 2.35. The van der Waals surface area contributed by atoms with Gasteiger partial charge in [0.25, 0.3) is 0 Å². The molecule has 2 aromatic heterocycles. The van der Waals surface area contributed by atoms with Gasteiger partial charge in [-0.1, -0.05) is 13.8 Å². The highest BCUT2D eigenvalue weighted by atomic mass is 16.5. The van der Waals surface area contributed by atoms with E-state index in [0.717, 1.165) is 43.4 Å². The number of fused-ring (bicyclic) bond motifs is 1. The van der Waals surface area contributed by atoms with Gasteiger partial charge in [0.2, 0.25) is 5.91 Å². The number of amides is 1. The van der Waals surface area contributed by atoms with Crippen LogP contribution < -0.4 is 10.6 Å². The standard InChI is InChI=1S/C23H32N4O4/c1-4-14(2)22(28)26-19-18-11-16(25-15-7-5-8-15)12-24-21(18)27(20(19)23(29)30-3)13-17-9-6-10-31-17/h11-12,14-15,17,25H,4-10,13H2,1-3H3,(H,26,28). The monoisotopic (exact) mass is 428 g/mol. The minimum atomic E-state index is -0.496. The SMILES string of the molecule is CCC(C)C(=O)Nc1c(C(=O)OC)n(CC2CCCO2)c2ncc(NC3CCC3)cc12. The first-order valence-electron chi connectivity index (χ1n) is 11.3. The van der Waals surface area contributed by atoms with Crippen molar-refractivity contribution in [2.24, 2.45) is 5.92 Å². The second-order valence-electron chi connectivity index (χ2n) is 8.63. The topological polar surface area (TPSA) is 94.5 Å². The lowest BCUT2D eigenvalue weighted by molar-refractivity contribution is -0.119. The molecule has 2 N–H and O–H groups in total. The fraction of sp³-hybridized carbons (Fsp3) is 0.609. The van der Waals surface area contributed by atoms with Crippen molar-refractivity contribution in [1.29, 1.82) is 0 Å². The first kappa shape index (κ1) is 21.6. The average Bonchev–Trinajstić information content (AvgIpc) is 3.36. The van der Waals surface area contributed by atoms with E-state index in [1.807, 2.05) is 24.5 Å². The summed E-state index contributed by atoms with van der Waals surface area (Å²) in [6, 6.07) is 2.43. The molecule has 2 aliphatic rings. The molecular formula is C23H32N4O4. The van der Waals surface area contributed by atoms with Gasteiger partial charge in [0.1, 0.15) is 5.65 Å². The summed E-state index contributed by atoms with van der Waals surface area (Å²) in [6.45, 7) is 5.05. The molecule has 4 rings (SSSR count). The van der Waals surface area contributed by atoms with Crippen molar-refractivity contribution < 1.29 is 19.1 Å². The van der Waals surface area contributed by atoms with Crippen molar-refractivity contribution in [3.8, 4) is 0 Å². The zero-order valence-electron chi connectivity index (χ0n) is 18.6. The van der Waals surface area contributed by atoms with Crippen LogP contribution >= 0.6 is 0 Å². The van der Waals surface area contributed by atoms with Gasteiger partial charge in [-0.2, -0.15) is 0 Å². The van der Waals surface area contributed by atoms with Crippen molar-refractivity contribution in [2.45, 2.75) is 71.1 Å². The van der Waals surface area contributed by atoms with Crippen LogP contribution in [0.4, 0.5) is 11.4 Å². The second-order valence-corrected chi connectivity index (χ2v) is 8.63. The maximum Gasteiger partial charge on any atom is 0.356 e. The molecular weight excluding hydrogens is 396 g/mol. The summed E-state index contributed by atoms with van der Waals surface area (Å²) >= 11 is 0. The molecule has 168 valence electrons. The quantitative estimate of drug-likeness (QED) is 0.618. The van der Waals surface area contributed by atoms with Gasteiger partial charge in [-0.15, -0.1) is 0 Å². The number of rotatable bonds is 8. The molecule has 0 aromatic carbocycles. The van der Waals surface area contributed by atoms with Crippen LogP contribution in [0.1, 0.15) is 62.9 Å². The predicted octanol–water partition coefficient (Wildman–Crippen LogP) is 3.95. The van der Waals surface area contributed by atoms with E-state index in [1.165, 1.54) is 13.5 Å². The Labute approximate surface area is 182 Å². The molecule has 8 nitrogen and oxygen atoms in total. The maximum atomic E-state index is 12.9. The van der Waals surface area contributed by atoms with Crippen molar-refractivity contribution in [3.05, 3.63) is 18.0 Å². The molecule has 2 fully saturated rings. The van der Waals surface area contributed by atoms with Crippen LogP contribution in [0.5, 0.6) is 0 Å². The molecule has 1 saturated heterocycles. The summed E-state index contributed by atoms with van der Waals surface area (Å²) in [5.41, 5.74) is 2.32. The van der Waals surface area contributed by atoms with Crippen molar-refractivity contribution in [2.75, 3.05) is 24.4 Å². The number of hydrogen-bond acceptors (Lipinski definition) is 6. The minimum Gasteiger partial charge on any atom is -0.464 e. The van der Waals surface area contributed by atoms with Gasteiger partial charge in [0.15, 0.2) is 5.69 Å². The highest BCUT2D eigenvalue weighted by molar-refractivity contribution is 6.11. The van der Waals surface area contributed by atoms with E-state index in [2.05, 4.69) is 10.6 Å². The third-order valence-corrected chi connectivity index (χ3v) is 6.47. The molecule has 8 heteroatoms. The zero-order valence-corrected chi connectivity index (χ0v) is 18.6. The molecule has 31 heavy (non-hydrogen) atoms. The fourth-order valence-corrected chi connectivity index (χ4v) is 4.13. The second kappa shape index (κ2) is 9.26. The Kier molecular flexibility index (Phi) is 6.46. The van der Waals surface area contributed by atoms with Gasteiger partial charge in [-0.3, -0.25) is 4.79 Å². The summed E-state index contributed by atoms with van der Waals surface area (Å²) in [4.78, 5) is 30.3. The maximum absolute atomic E-state index is 12.9. The molecule has 0 spiro atoms. The molecule has 2 atom stereocenters. The summed E-state index contributed by atoms with van der Waals surface area (Å²) < 4.78 is 12.8. The molecule has 0 bridgehead atoms. The Bertz CT molecular complexity index is 960. The number of pyridine rings is 1. The Balaban J connectivity index is 1.81. The normalized spacial score (nSPS) is 19.8. The van der Waals surface area contributed by atoms with Gasteiger partial charge >= 0.3 is 5.97 Å². The Morgan fingerprint density at radius 2 is 2.13 bits per heavy atom. The van der Waals surface area contributed by atoms with Gasteiger partial charge in [0.05, 0.1) is 37.3 Å². The molecule has 1 aliphatic carbocycles. The molecule has 0 radical (unpaired) electrons. The number of anilines is 2.